The summed E-state index contributed by atoms with van der Waals surface area (Å²) in [6.45, 7) is 1.72. The molecule has 11 heteroatoms. The summed E-state index contributed by atoms with van der Waals surface area (Å²) < 4.78 is 34.3. The molecule has 0 saturated heterocycles. The molecule has 31 heavy (non-hydrogen) atoms. The van der Waals surface area contributed by atoms with E-state index >= 15 is 0 Å². The zero-order chi connectivity index (χ0) is 22.3. The molecule has 0 unspecified atom stereocenters. The zero-order valence-corrected chi connectivity index (χ0v) is 18.8. The topological polar surface area (TPSA) is 126 Å². The number of aliphatic imine (C=N–C) groups is 1. The minimum atomic E-state index is -3.93. The molecule has 0 spiro atoms. The van der Waals surface area contributed by atoms with Crippen LogP contribution in [0.3, 0.4) is 0 Å². The van der Waals surface area contributed by atoms with E-state index in [1.165, 1.54) is 19.2 Å². The van der Waals surface area contributed by atoms with Gasteiger partial charge in [-0.15, -0.1) is 4.40 Å². The number of halogens is 1. The van der Waals surface area contributed by atoms with Crippen LogP contribution in [0.25, 0.3) is 10.8 Å². The SMILES string of the molecule is COc1cccc2c(O)ccc(N/C(N)=N\C3=NS(=O)(=O)c4cc(C)c(Cl)cc4S3)c12. The summed E-state index contributed by atoms with van der Waals surface area (Å²) >= 11 is 7.19. The third-order valence-corrected chi connectivity index (χ3v) is 7.46. The average molecular weight is 477 g/mol. The van der Waals surface area contributed by atoms with Gasteiger partial charge in [-0.1, -0.05) is 23.7 Å². The second-order valence-corrected chi connectivity index (χ2v) is 9.63. The Labute approximate surface area is 187 Å². The highest BCUT2D eigenvalue weighted by atomic mass is 35.5. The molecule has 3 aromatic carbocycles. The third kappa shape index (κ3) is 4.01. The maximum atomic E-state index is 12.6. The number of sulfonamides is 1. The Morgan fingerprint density at radius 1 is 1.29 bits per heavy atom. The van der Waals surface area contributed by atoms with Crippen LogP contribution < -0.4 is 15.8 Å². The Bertz CT molecular complexity index is 1390. The smallest absolute Gasteiger partial charge is 0.285 e. The van der Waals surface area contributed by atoms with Gasteiger partial charge < -0.3 is 20.9 Å². The van der Waals surface area contributed by atoms with E-state index in [1.807, 2.05) is 0 Å². The molecule has 1 aliphatic rings. The van der Waals surface area contributed by atoms with E-state index in [2.05, 4.69) is 14.7 Å². The molecule has 0 atom stereocenters. The lowest BCUT2D eigenvalue weighted by Crippen LogP contribution is -2.24. The Morgan fingerprint density at radius 3 is 2.81 bits per heavy atom. The first-order valence-corrected chi connectivity index (χ1v) is 11.6. The Morgan fingerprint density at radius 2 is 2.06 bits per heavy atom. The molecule has 3 aromatic rings. The fourth-order valence-corrected chi connectivity index (χ4v) is 5.90. The van der Waals surface area contributed by atoms with E-state index in [0.29, 0.717) is 37.7 Å². The molecular weight excluding hydrogens is 460 g/mol. The van der Waals surface area contributed by atoms with E-state index in [-0.39, 0.29) is 21.8 Å². The molecule has 1 aliphatic heterocycles. The maximum Gasteiger partial charge on any atom is 0.285 e. The van der Waals surface area contributed by atoms with Crippen LogP contribution in [0.4, 0.5) is 5.69 Å². The van der Waals surface area contributed by atoms with Crippen molar-refractivity contribution in [2.24, 2.45) is 15.1 Å². The number of nitrogens with two attached hydrogens (primary N) is 1. The molecule has 0 aromatic heterocycles. The number of ether oxygens (including phenoxy) is 1. The Balaban J connectivity index is 1.71. The van der Waals surface area contributed by atoms with Crippen molar-refractivity contribution in [1.82, 2.24) is 0 Å². The molecule has 0 saturated carbocycles. The number of phenols is 1. The quantitative estimate of drug-likeness (QED) is 0.289. The number of rotatable bonds is 2. The molecule has 8 nitrogen and oxygen atoms in total. The first-order valence-electron chi connectivity index (χ1n) is 8.92. The van der Waals surface area contributed by atoms with Crippen molar-refractivity contribution in [1.29, 1.82) is 0 Å². The molecule has 1 heterocycles. The Kier molecular flexibility index (Phi) is 5.46. The second-order valence-electron chi connectivity index (χ2n) is 6.64. The van der Waals surface area contributed by atoms with Crippen molar-refractivity contribution < 1.29 is 18.3 Å². The predicted molar refractivity (Wildman–Crippen MR) is 124 cm³/mol. The monoisotopic (exact) mass is 476 g/mol. The van der Waals surface area contributed by atoms with E-state index in [9.17, 15) is 13.5 Å². The zero-order valence-electron chi connectivity index (χ0n) is 16.4. The van der Waals surface area contributed by atoms with Gasteiger partial charge in [-0.3, -0.25) is 0 Å². The predicted octanol–water partition coefficient (Wildman–Crippen LogP) is 4.09. The van der Waals surface area contributed by atoms with Crippen LogP contribution in [0.2, 0.25) is 5.02 Å². The van der Waals surface area contributed by atoms with Gasteiger partial charge in [-0.2, -0.15) is 13.4 Å². The lowest BCUT2D eigenvalue weighted by Gasteiger charge is -2.16. The van der Waals surface area contributed by atoms with Crippen molar-refractivity contribution in [3.63, 3.8) is 0 Å². The van der Waals surface area contributed by atoms with Gasteiger partial charge in [0.1, 0.15) is 16.4 Å². The fraction of sp³-hybridized carbons (Fsp3) is 0.100. The molecule has 160 valence electrons. The summed E-state index contributed by atoms with van der Waals surface area (Å²) in [6, 6.07) is 11.4. The van der Waals surface area contributed by atoms with Crippen LogP contribution in [-0.4, -0.2) is 31.8 Å². The van der Waals surface area contributed by atoms with Crippen molar-refractivity contribution in [2.45, 2.75) is 16.7 Å². The highest BCUT2D eigenvalue weighted by molar-refractivity contribution is 8.15. The minimum Gasteiger partial charge on any atom is -0.507 e. The molecule has 0 bridgehead atoms. The van der Waals surface area contributed by atoms with Gasteiger partial charge in [-0.25, -0.2) is 0 Å². The van der Waals surface area contributed by atoms with Crippen LogP contribution in [0.1, 0.15) is 5.56 Å². The first-order chi connectivity index (χ1) is 14.7. The molecule has 0 fully saturated rings. The highest BCUT2D eigenvalue weighted by Gasteiger charge is 2.27. The molecule has 4 rings (SSSR count). The van der Waals surface area contributed by atoms with Crippen LogP contribution >= 0.6 is 23.4 Å². The molecule has 0 aliphatic carbocycles. The lowest BCUT2D eigenvalue weighted by molar-refractivity contribution is 0.419. The van der Waals surface area contributed by atoms with Gasteiger partial charge in [0.2, 0.25) is 5.17 Å². The van der Waals surface area contributed by atoms with E-state index in [4.69, 9.17) is 22.1 Å². The number of aryl methyl sites for hydroxylation is 1. The number of hydrogen-bond donors (Lipinski definition) is 3. The number of amidine groups is 1. The number of phenolic OH excluding ortho intramolecular Hbond substituents is 1. The number of aromatic hydroxyl groups is 1. The van der Waals surface area contributed by atoms with Crippen LogP contribution in [-0.2, 0) is 10.0 Å². The van der Waals surface area contributed by atoms with Gasteiger partial charge >= 0.3 is 0 Å². The summed E-state index contributed by atoms with van der Waals surface area (Å²) in [5.74, 6) is 0.521. The fourth-order valence-electron chi connectivity index (χ4n) is 3.13. The van der Waals surface area contributed by atoms with Gasteiger partial charge in [0.25, 0.3) is 10.0 Å². The first kappa shape index (κ1) is 21.3. The molecule has 0 radical (unpaired) electrons. The summed E-state index contributed by atoms with van der Waals surface area (Å²) in [5, 5.41) is 14.6. The number of fused-ring (bicyclic) bond motifs is 2. The Hall–Kier alpha value is -2.95. The number of guanidine groups is 1. The van der Waals surface area contributed by atoms with Gasteiger partial charge in [-0.05, 0) is 54.6 Å². The van der Waals surface area contributed by atoms with Gasteiger partial charge in [0.15, 0.2) is 5.96 Å². The number of anilines is 1. The lowest BCUT2D eigenvalue weighted by atomic mass is 10.1. The van der Waals surface area contributed by atoms with Gasteiger partial charge in [0.05, 0.1) is 18.2 Å². The largest absolute Gasteiger partial charge is 0.507 e. The van der Waals surface area contributed by atoms with Crippen molar-refractivity contribution in [3.05, 3.63) is 53.1 Å². The minimum absolute atomic E-state index is 0.0486. The summed E-state index contributed by atoms with van der Waals surface area (Å²) in [4.78, 5) is 4.64. The van der Waals surface area contributed by atoms with Crippen LogP contribution in [0, 0.1) is 6.92 Å². The number of hydrogen-bond acceptors (Lipinski definition) is 6. The van der Waals surface area contributed by atoms with Crippen molar-refractivity contribution in [3.8, 4) is 11.5 Å². The summed E-state index contributed by atoms with van der Waals surface area (Å²) in [6.07, 6.45) is 0. The van der Waals surface area contributed by atoms with E-state index in [0.717, 1.165) is 11.8 Å². The number of benzene rings is 3. The van der Waals surface area contributed by atoms with Crippen LogP contribution in [0.5, 0.6) is 11.5 Å². The normalized spacial score (nSPS) is 15.3. The molecule has 4 N–H and O–H groups in total. The van der Waals surface area contributed by atoms with Gasteiger partial charge in [0, 0.05) is 15.3 Å². The van der Waals surface area contributed by atoms with Crippen molar-refractivity contribution in [2.75, 3.05) is 12.4 Å². The standard InChI is InChI=1S/C20H17ClN4O4S2/c1-10-8-17-16(9-12(10)21)30-20(25-31(17,27)28)24-19(22)23-13-6-7-14(26)11-4-3-5-15(29-2)18(11)13/h3-9,26H,1-2H3,(H3,22,23,24,25). The number of methoxy groups -OCH3 is 1. The third-order valence-electron chi connectivity index (χ3n) is 4.58. The number of nitrogens with one attached hydrogen (secondary N) is 1. The number of thioether (sulfide) groups is 1. The van der Waals surface area contributed by atoms with E-state index in [1.54, 1.807) is 37.3 Å². The summed E-state index contributed by atoms with van der Waals surface area (Å²) in [5.41, 5.74) is 7.20. The highest BCUT2D eigenvalue weighted by Crippen LogP contribution is 2.39. The average Bonchev–Trinajstić information content (AvgIpc) is 2.71. The van der Waals surface area contributed by atoms with Crippen LogP contribution in [0.15, 0.2) is 61.6 Å². The maximum absolute atomic E-state index is 12.6. The summed E-state index contributed by atoms with van der Waals surface area (Å²) in [7, 11) is -2.42. The van der Waals surface area contributed by atoms with E-state index < -0.39 is 10.0 Å². The number of nitrogens with zero attached hydrogens (tertiary/aromatic N) is 2. The molecule has 0 amide bonds. The van der Waals surface area contributed by atoms with Crippen molar-refractivity contribution >= 4 is 61.0 Å². The second kappa shape index (κ2) is 7.95. The molecular formula is C20H17ClN4O4S2.